The number of rotatable bonds is 7. The van der Waals surface area contributed by atoms with Crippen LogP contribution in [0.4, 0.5) is 0 Å². The van der Waals surface area contributed by atoms with E-state index in [1.807, 2.05) is 18.2 Å². The first kappa shape index (κ1) is 14.9. The Labute approximate surface area is 123 Å². The van der Waals surface area contributed by atoms with E-state index in [4.69, 9.17) is 9.47 Å². The van der Waals surface area contributed by atoms with E-state index in [0.29, 0.717) is 18.1 Å². The van der Waals surface area contributed by atoms with Gasteiger partial charge in [0, 0.05) is 0 Å². The maximum absolute atomic E-state index is 11.2. The summed E-state index contributed by atoms with van der Waals surface area (Å²) in [5, 5.41) is 9.18. The number of aryl methyl sites for hydroxylation is 1. The SMILES string of the molecule is COc1cccc(C(=O)O)c1OCCCc1ccccc1. The van der Waals surface area contributed by atoms with Gasteiger partial charge in [0.1, 0.15) is 5.56 Å². The Bertz CT molecular complexity index is 593. The Morgan fingerprint density at radius 3 is 2.52 bits per heavy atom. The van der Waals surface area contributed by atoms with Gasteiger partial charge in [0.05, 0.1) is 13.7 Å². The van der Waals surface area contributed by atoms with Crippen molar-refractivity contribution in [1.29, 1.82) is 0 Å². The highest BCUT2D eigenvalue weighted by Crippen LogP contribution is 2.31. The van der Waals surface area contributed by atoms with E-state index in [-0.39, 0.29) is 5.56 Å². The van der Waals surface area contributed by atoms with Gasteiger partial charge in [0.25, 0.3) is 0 Å². The van der Waals surface area contributed by atoms with E-state index in [1.54, 1.807) is 12.1 Å². The van der Waals surface area contributed by atoms with Crippen LogP contribution in [0.25, 0.3) is 0 Å². The number of benzene rings is 2. The predicted octanol–water partition coefficient (Wildman–Crippen LogP) is 3.41. The molecular weight excluding hydrogens is 268 g/mol. The Morgan fingerprint density at radius 1 is 1.10 bits per heavy atom. The maximum Gasteiger partial charge on any atom is 0.339 e. The molecule has 0 radical (unpaired) electrons. The van der Waals surface area contributed by atoms with Gasteiger partial charge in [-0.15, -0.1) is 0 Å². The van der Waals surface area contributed by atoms with Gasteiger partial charge in [-0.3, -0.25) is 0 Å². The lowest BCUT2D eigenvalue weighted by Gasteiger charge is -2.13. The summed E-state index contributed by atoms with van der Waals surface area (Å²) in [4.78, 5) is 11.2. The first-order valence-electron chi connectivity index (χ1n) is 6.79. The van der Waals surface area contributed by atoms with Crippen LogP contribution in [-0.4, -0.2) is 24.8 Å². The molecule has 2 aromatic carbocycles. The van der Waals surface area contributed by atoms with Crippen LogP contribution in [0.2, 0.25) is 0 Å². The second-order valence-electron chi connectivity index (χ2n) is 4.58. The molecule has 0 heterocycles. The van der Waals surface area contributed by atoms with Crippen molar-refractivity contribution in [2.24, 2.45) is 0 Å². The van der Waals surface area contributed by atoms with Crippen LogP contribution >= 0.6 is 0 Å². The Hall–Kier alpha value is -2.49. The van der Waals surface area contributed by atoms with Crippen LogP contribution in [0.3, 0.4) is 0 Å². The van der Waals surface area contributed by atoms with E-state index < -0.39 is 5.97 Å². The third kappa shape index (κ3) is 3.99. The molecule has 2 aromatic rings. The van der Waals surface area contributed by atoms with E-state index >= 15 is 0 Å². The molecule has 0 unspecified atom stereocenters. The molecular formula is C17H18O4. The molecule has 0 spiro atoms. The smallest absolute Gasteiger partial charge is 0.339 e. The number of hydrogen-bond acceptors (Lipinski definition) is 3. The molecule has 0 fully saturated rings. The fraction of sp³-hybridized carbons (Fsp3) is 0.235. The summed E-state index contributed by atoms with van der Waals surface area (Å²) in [5.41, 5.74) is 1.36. The topological polar surface area (TPSA) is 55.8 Å². The average molecular weight is 286 g/mol. The lowest BCUT2D eigenvalue weighted by molar-refractivity contribution is 0.0691. The van der Waals surface area contributed by atoms with Crippen molar-refractivity contribution in [2.45, 2.75) is 12.8 Å². The molecule has 0 amide bonds. The van der Waals surface area contributed by atoms with E-state index in [9.17, 15) is 9.90 Å². The van der Waals surface area contributed by atoms with Gasteiger partial charge in [0.2, 0.25) is 0 Å². The minimum atomic E-state index is -1.02. The van der Waals surface area contributed by atoms with Crippen LogP contribution in [0, 0.1) is 0 Å². The summed E-state index contributed by atoms with van der Waals surface area (Å²) in [5.74, 6) is -0.290. The molecule has 0 aliphatic heterocycles. The normalized spacial score (nSPS) is 10.1. The molecule has 0 saturated heterocycles. The largest absolute Gasteiger partial charge is 0.493 e. The lowest BCUT2D eigenvalue weighted by atomic mass is 10.1. The number of hydrogen-bond donors (Lipinski definition) is 1. The van der Waals surface area contributed by atoms with Gasteiger partial charge in [0.15, 0.2) is 11.5 Å². The Kier molecular flexibility index (Phi) is 5.21. The molecule has 2 rings (SSSR count). The Balaban J connectivity index is 1.98. The summed E-state index contributed by atoms with van der Waals surface area (Å²) in [7, 11) is 1.50. The van der Waals surface area contributed by atoms with Crippen molar-refractivity contribution in [3.8, 4) is 11.5 Å². The molecule has 0 saturated carbocycles. The predicted molar refractivity (Wildman–Crippen MR) is 80.2 cm³/mol. The number of carbonyl (C=O) groups is 1. The molecule has 0 aliphatic carbocycles. The van der Waals surface area contributed by atoms with Crippen molar-refractivity contribution in [3.63, 3.8) is 0 Å². The standard InChI is InChI=1S/C17H18O4/c1-20-15-11-5-10-14(17(18)19)16(15)21-12-6-9-13-7-3-2-4-8-13/h2-5,7-8,10-11H,6,9,12H2,1H3,(H,18,19). The number of carboxylic acid groups (broad SMARTS) is 1. The summed E-state index contributed by atoms with van der Waals surface area (Å²) >= 11 is 0. The minimum absolute atomic E-state index is 0.120. The highest BCUT2D eigenvalue weighted by molar-refractivity contribution is 5.92. The molecule has 0 bridgehead atoms. The van der Waals surface area contributed by atoms with Crippen molar-refractivity contribution in [3.05, 3.63) is 59.7 Å². The fourth-order valence-corrected chi connectivity index (χ4v) is 2.09. The maximum atomic E-state index is 11.2. The number of para-hydroxylation sites is 1. The number of ether oxygens (including phenoxy) is 2. The van der Waals surface area contributed by atoms with Gasteiger partial charge in [-0.25, -0.2) is 4.79 Å². The summed E-state index contributed by atoms with van der Waals surface area (Å²) in [6.45, 7) is 0.440. The van der Waals surface area contributed by atoms with Crippen LogP contribution in [-0.2, 0) is 6.42 Å². The van der Waals surface area contributed by atoms with Crippen LogP contribution in [0.5, 0.6) is 11.5 Å². The highest BCUT2D eigenvalue weighted by Gasteiger charge is 2.15. The highest BCUT2D eigenvalue weighted by atomic mass is 16.5. The first-order valence-corrected chi connectivity index (χ1v) is 6.79. The second kappa shape index (κ2) is 7.33. The van der Waals surface area contributed by atoms with Crippen LogP contribution < -0.4 is 9.47 Å². The summed E-state index contributed by atoms with van der Waals surface area (Å²) in [6.07, 6.45) is 1.69. The second-order valence-corrected chi connectivity index (χ2v) is 4.58. The molecule has 21 heavy (non-hydrogen) atoms. The lowest BCUT2D eigenvalue weighted by Crippen LogP contribution is -2.06. The van der Waals surface area contributed by atoms with Gasteiger partial charge in [-0.1, -0.05) is 36.4 Å². The molecule has 1 N–H and O–H groups in total. The number of methoxy groups -OCH3 is 1. The zero-order chi connectivity index (χ0) is 15.1. The minimum Gasteiger partial charge on any atom is -0.493 e. The monoisotopic (exact) mass is 286 g/mol. The zero-order valence-electron chi connectivity index (χ0n) is 11.9. The molecule has 0 atom stereocenters. The van der Waals surface area contributed by atoms with Crippen molar-refractivity contribution < 1.29 is 19.4 Å². The third-order valence-corrected chi connectivity index (χ3v) is 3.13. The third-order valence-electron chi connectivity index (χ3n) is 3.13. The summed E-state index contributed by atoms with van der Waals surface area (Å²) < 4.78 is 10.8. The Morgan fingerprint density at radius 2 is 1.86 bits per heavy atom. The van der Waals surface area contributed by atoms with E-state index in [2.05, 4.69) is 12.1 Å². The summed E-state index contributed by atoms with van der Waals surface area (Å²) in [6, 6.07) is 14.9. The number of carboxylic acids is 1. The van der Waals surface area contributed by atoms with E-state index in [0.717, 1.165) is 12.8 Å². The quantitative estimate of drug-likeness (QED) is 0.792. The average Bonchev–Trinajstić information content (AvgIpc) is 2.52. The van der Waals surface area contributed by atoms with Crippen molar-refractivity contribution >= 4 is 5.97 Å². The van der Waals surface area contributed by atoms with E-state index in [1.165, 1.54) is 18.7 Å². The van der Waals surface area contributed by atoms with Crippen LogP contribution in [0.1, 0.15) is 22.3 Å². The van der Waals surface area contributed by atoms with Crippen molar-refractivity contribution in [2.75, 3.05) is 13.7 Å². The zero-order valence-corrected chi connectivity index (χ0v) is 11.9. The van der Waals surface area contributed by atoms with Gasteiger partial charge < -0.3 is 14.6 Å². The molecule has 4 heteroatoms. The van der Waals surface area contributed by atoms with Crippen LogP contribution in [0.15, 0.2) is 48.5 Å². The fourth-order valence-electron chi connectivity index (χ4n) is 2.09. The number of aromatic carboxylic acids is 1. The van der Waals surface area contributed by atoms with Gasteiger partial charge >= 0.3 is 5.97 Å². The molecule has 0 aliphatic rings. The molecule has 0 aromatic heterocycles. The first-order chi connectivity index (χ1) is 10.2. The van der Waals surface area contributed by atoms with Crippen molar-refractivity contribution in [1.82, 2.24) is 0 Å². The van der Waals surface area contributed by atoms with Gasteiger partial charge in [-0.2, -0.15) is 0 Å². The molecule has 110 valence electrons. The molecule has 4 nitrogen and oxygen atoms in total. The van der Waals surface area contributed by atoms with Gasteiger partial charge in [-0.05, 0) is 30.5 Å².